The van der Waals surface area contributed by atoms with Crippen LogP contribution in [0.1, 0.15) is 13.8 Å². The van der Waals surface area contributed by atoms with Gasteiger partial charge in [0.1, 0.15) is 6.61 Å². The van der Waals surface area contributed by atoms with Crippen molar-refractivity contribution in [2.45, 2.75) is 19.9 Å². The SMILES string of the molecule is CC1=NCCN1C(C)COCC(=O)O.Cl. The van der Waals surface area contributed by atoms with Gasteiger partial charge in [0.05, 0.1) is 25.0 Å². The van der Waals surface area contributed by atoms with Crippen LogP contribution in [0.15, 0.2) is 4.99 Å². The average molecular weight is 237 g/mol. The number of halogens is 1. The molecule has 0 aromatic rings. The third-order valence-corrected chi connectivity index (χ3v) is 2.21. The van der Waals surface area contributed by atoms with Crippen LogP contribution >= 0.6 is 12.4 Å². The molecule has 0 amide bonds. The minimum absolute atomic E-state index is 0. The molecule has 1 rings (SSSR count). The van der Waals surface area contributed by atoms with Gasteiger partial charge in [0.25, 0.3) is 0 Å². The number of rotatable bonds is 5. The molecule has 1 atom stereocenters. The predicted molar refractivity (Wildman–Crippen MR) is 59.8 cm³/mol. The van der Waals surface area contributed by atoms with Gasteiger partial charge in [-0.15, -0.1) is 12.4 Å². The number of amidine groups is 1. The zero-order valence-corrected chi connectivity index (χ0v) is 9.79. The van der Waals surface area contributed by atoms with Crippen LogP contribution < -0.4 is 0 Å². The van der Waals surface area contributed by atoms with Gasteiger partial charge in [-0.2, -0.15) is 0 Å². The van der Waals surface area contributed by atoms with Crippen molar-refractivity contribution in [3.05, 3.63) is 0 Å². The molecule has 1 heterocycles. The van der Waals surface area contributed by atoms with E-state index < -0.39 is 5.97 Å². The Bertz CT molecular complexity index is 246. The van der Waals surface area contributed by atoms with Gasteiger partial charge >= 0.3 is 5.97 Å². The third-order valence-electron chi connectivity index (χ3n) is 2.21. The molecule has 0 saturated heterocycles. The van der Waals surface area contributed by atoms with E-state index in [1.807, 2.05) is 13.8 Å². The normalized spacial score (nSPS) is 16.9. The van der Waals surface area contributed by atoms with Crippen molar-refractivity contribution in [2.24, 2.45) is 4.99 Å². The molecule has 0 fully saturated rings. The summed E-state index contributed by atoms with van der Waals surface area (Å²) in [7, 11) is 0. The summed E-state index contributed by atoms with van der Waals surface area (Å²) in [5.41, 5.74) is 0. The van der Waals surface area contributed by atoms with Gasteiger partial charge in [0, 0.05) is 6.54 Å². The zero-order chi connectivity index (χ0) is 10.6. The van der Waals surface area contributed by atoms with Crippen LogP contribution in [0.5, 0.6) is 0 Å². The number of nitrogens with zero attached hydrogens (tertiary/aromatic N) is 2. The molecule has 0 bridgehead atoms. The van der Waals surface area contributed by atoms with Crippen LogP contribution in [0.4, 0.5) is 0 Å². The molecule has 0 saturated carbocycles. The molecule has 1 aliphatic rings. The smallest absolute Gasteiger partial charge is 0.329 e. The molecule has 0 spiro atoms. The first-order valence-corrected chi connectivity index (χ1v) is 4.68. The van der Waals surface area contributed by atoms with Crippen molar-refractivity contribution in [3.8, 4) is 0 Å². The van der Waals surface area contributed by atoms with Gasteiger partial charge in [0.15, 0.2) is 0 Å². The van der Waals surface area contributed by atoms with Crippen molar-refractivity contribution in [1.29, 1.82) is 0 Å². The highest BCUT2D eigenvalue weighted by Crippen LogP contribution is 2.07. The van der Waals surface area contributed by atoms with Gasteiger partial charge in [-0.05, 0) is 13.8 Å². The van der Waals surface area contributed by atoms with E-state index in [9.17, 15) is 4.79 Å². The number of hydrogen-bond acceptors (Lipinski definition) is 4. The lowest BCUT2D eigenvalue weighted by Crippen LogP contribution is -2.38. The second kappa shape index (κ2) is 6.63. The highest BCUT2D eigenvalue weighted by Gasteiger charge is 2.18. The number of carbonyl (C=O) groups is 1. The molecule has 0 aromatic carbocycles. The lowest BCUT2D eigenvalue weighted by molar-refractivity contribution is -0.142. The van der Waals surface area contributed by atoms with E-state index in [0.29, 0.717) is 6.61 Å². The fourth-order valence-electron chi connectivity index (χ4n) is 1.52. The second-order valence-electron chi connectivity index (χ2n) is 3.38. The van der Waals surface area contributed by atoms with Crippen molar-refractivity contribution in [1.82, 2.24) is 4.90 Å². The number of ether oxygens (including phenoxy) is 1. The quantitative estimate of drug-likeness (QED) is 0.761. The van der Waals surface area contributed by atoms with Crippen molar-refractivity contribution >= 4 is 24.2 Å². The molecule has 88 valence electrons. The van der Waals surface area contributed by atoms with Gasteiger partial charge in [0.2, 0.25) is 0 Å². The Kier molecular flexibility index (Phi) is 6.27. The number of aliphatic imine (C=N–C) groups is 1. The van der Waals surface area contributed by atoms with Crippen LogP contribution in [0.2, 0.25) is 0 Å². The monoisotopic (exact) mass is 236 g/mol. The van der Waals surface area contributed by atoms with Crippen molar-refractivity contribution in [3.63, 3.8) is 0 Å². The summed E-state index contributed by atoms with van der Waals surface area (Å²) in [6, 6.07) is 0.195. The molecule has 1 aliphatic heterocycles. The van der Waals surface area contributed by atoms with Gasteiger partial charge in [-0.25, -0.2) is 4.79 Å². The largest absolute Gasteiger partial charge is 0.480 e. The molecule has 1 unspecified atom stereocenters. The van der Waals surface area contributed by atoms with Crippen molar-refractivity contribution < 1.29 is 14.6 Å². The summed E-state index contributed by atoms with van der Waals surface area (Å²) in [6.45, 7) is 5.90. The molecule has 5 nitrogen and oxygen atoms in total. The summed E-state index contributed by atoms with van der Waals surface area (Å²) in [4.78, 5) is 16.6. The Balaban J connectivity index is 0.00000196. The molecular formula is C9H17ClN2O3. The summed E-state index contributed by atoms with van der Waals surface area (Å²) in [5.74, 6) is 0.0837. The van der Waals surface area contributed by atoms with E-state index in [2.05, 4.69) is 9.89 Å². The van der Waals surface area contributed by atoms with Gasteiger partial charge < -0.3 is 14.7 Å². The number of hydrogen-bond donors (Lipinski definition) is 1. The summed E-state index contributed by atoms with van der Waals surface area (Å²) in [6.07, 6.45) is 0. The summed E-state index contributed by atoms with van der Waals surface area (Å²) >= 11 is 0. The number of carboxylic acid groups (broad SMARTS) is 1. The topological polar surface area (TPSA) is 62.1 Å². The standard InChI is InChI=1S/C9H16N2O3.ClH/c1-7(5-14-6-9(12)13)11-4-3-10-8(11)2;/h7H,3-6H2,1-2H3,(H,12,13);1H. The lowest BCUT2D eigenvalue weighted by Gasteiger charge is -2.25. The minimum Gasteiger partial charge on any atom is -0.480 e. The van der Waals surface area contributed by atoms with Crippen LogP contribution in [-0.2, 0) is 9.53 Å². The Morgan fingerprint density at radius 3 is 2.87 bits per heavy atom. The highest BCUT2D eigenvalue weighted by molar-refractivity contribution is 5.85. The minimum atomic E-state index is -0.927. The molecule has 15 heavy (non-hydrogen) atoms. The Morgan fingerprint density at radius 2 is 2.40 bits per heavy atom. The maximum absolute atomic E-state index is 10.2. The van der Waals surface area contributed by atoms with E-state index >= 15 is 0 Å². The second-order valence-corrected chi connectivity index (χ2v) is 3.38. The van der Waals surface area contributed by atoms with Gasteiger partial charge in [-0.1, -0.05) is 0 Å². The number of carboxylic acids is 1. The molecule has 1 N–H and O–H groups in total. The Labute approximate surface area is 95.5 Å². The van der Waals surface area contributed by atoms with E-state index in [1.165, 1.54) is 0 Å². The van der Waals surface area contributed by atoms with E-state index in [-0.39, 0.29) is 25.1 Å². The van der Waals surface area contributed by atoms with E-state index in [1.54, 1.807) is 0 Å². The predicted octanol–water partition coefficient (Wildman–Crippen LogP) is 0.632. The van der Waals surface area contributed by atoms with Crippen LogP contribution in [-0.4, -0.2) is 54.2 Å². The maximum Gasteiger partial charge on any atom is 0.329 e. The summed E-state index contributed by atoms with van der Waals surface area (Å²) < 4.78 is 5.02. The van der Waals surface area contributed by atoms with Crippen LogP contribution in [0, 0.1) is 0 Å². The molecule has 6 heteroatoms. The first-order chi connectivity index (χ1) is 6.61. The molecule has 0 aliphatic carbocycles. The zero-order valence-electron chi connectivity index (χ0n) is 8.97. The van der Waals surface area contributed by atoms with Gasteiger partial charge in [-0.3, -0.25) is 4.99 Å². The maximum atomic E-state index is 10.2. The first-order valence-electron chi connectivity index (χ1n) is 4.68. The fourth-order valence-corrected chi connectivity index (χ4v) is 1.52. The first kappa shape index (κ1) is 14.2. The highest BCUT2D eigenvalue weighted by atomic mass is 35.5. The van der Waals surface area contributed by atoms with E-state index in [4.69, 9.17) is 9.84 Å². The molecular weight excluding hydrogens is 220 g/mol. The van der Waals surface area contributed by atoms with Crippen LogP contribution in [0.3, 0.4) is 0 Å². The molecule has 0 radical (unpaired) electrons. The Hall–Kier alpha value is -0.810. The average Bonchev–Trinajstić information content (AvgIpc) is 2.50. The lowest BCUT2D eigenvalue weighted by atomic mass is 10.3. The van der Waals surface area contributed by atoms with Crippen LogP contribution in [0.25, 0.3) is 0 Å². The fraction of sp³-hybridized carbons (Fsp3) is 0.778. The number of aliphatic carboxylic acids is 1. The summed E-state index contributed by atoms with van der Waals surface area (Å²) in [5, 5.41) is 8.38. The molecule has 0 aromatic heterocycles. The Morgan fingerprint density at radius 1 is 1.73 bits per heavy atom. The van der Waals surface area contributed by atoms with E-state index in [0.717, 1.165) is 18.9 Å². The third kappa shape index (κ3) is 4.48. The van der Waals surface area contributed by atoms with Crippen molar-refractivity contribution in [2.75, 3.05) is 26.3 Å².